The number of nitrogens with zero attached hydrogens (tertiary/aromatic N) is 1. The van der Waals surface area contributed by atoms with E-state index in [1.807, 2.05) is 13.0 Å². The Morgan fingerprint density at radius 1 is 1.35 bits per heavy atom. The number of morpholine rings is 1. The van der Waals surface area contributed by atoms with Gasteiger partial charge in [-0.3, -0.25) is 4.90 Å². The summed E-state index contributed by atoms with van der Waals surface area (Å²) in [5.74, 6) is 0. The summed E-state index contributed by atoms with van der Waals surface area (Å²) in [6, 6.07) is 10.3. The van der Waals surface area contributed by atoms with E-state index < -0.39 is 0 Å². The normalized spacial score (nSPS) is 19.6. The van der Waals surface area contributed by atoms with Gasteiger partial charge in [0.2, 0.25) is 0 Å². The van der Waals surface area contributed by atoms with Crippen LogP contribution in [0.3, 0.4) is 0 Å². The Labute approximate surface area is 120 Å². The van der Waals surface area contributed by atoms with Crippen LogP contribution in [0.2, 0.25) is 0 Å². The van der Waals surface area contributed by atoms with E-state index >= 15 is 0 Å². The van der Waals surface area contributed by atoms with Gasteiger partial charge in [0.25, 0.3) is 0 Å². The molecule has 5 nitrogen and oxygen atoms in total. The predicted molar refractivity (Wildman–Crippen MR) is 78.5 cm³/mol. The molecule has 1 heterocycles. The summed E-state index contributed by atoms with van der Waals surface area (Å²) in [6.45, 7) is 6.52. The summed E-state index contributed by atoms with van der Waals surface area (Å²) in [5.41, 5.74) is 1.31. The van der Waals surface area contributed by atoms with Gasteiger partial charge in [0.15, 0.2) is 0 Å². The van der Waals surface area contributed by atoms with Crippen molar-refractivity contribution in [2.75, 3.05) is 32.8 Å². The average Bonchev–Trinajstić information content (AvgIpc) is 2.47. The number of hydrogen-bond acceptors (Lipinski definition) is 3. The third-order valence-electron chi connectivity index (χ3n) is 3.30. The molecule has 1 aliphatic heterocycles. The molecule has 20 heavy (non-hydrogen) atoms. The van der Waals surface area contributed by atoms with Crippen LogP contribution in [0.15, 0.2) is 30.3 Å². The molecule has 1 unspecified atom stereocenters. The second-order valence-electron chi connectivity index (χ2n) is 4.95. The fourth-order valence-electron chi connectivity index (χ4n) is 2.32. The fraction of sp³-hybridized carbons (Fsp3) is 0.533. The van der Waals surface area contributed by atoms with E-state index in [1.54, 1.807) is 0 Å². The first-order chi connectivity index (χ1) is 9.78. The number of ether oxygens (including phenoxy) is 1. The molecule has 2 amide bonds. The SMILES string of the molecule is CCNC(=O)NCC1CN(Cc2ccccc2)CCO1. The van der Waals surface area contributed by atoms with Gasteiger partial charge in [-0.25, -0.2) is 4.79 Å². The van der Waals surface area contributed by atoms with Crippen LogP contribution in [0.5, 0.6) is 0 Å². The Hall–Kier alpha value is -1.59. The number of nitrogens with one attached hydrogen (secondary N) is 2. The Morgan fingerprint density at radius 3 is 2.90 bits per heavy atom. The van der Waals surface area contributed by atoms with Gasteiger partial charge in [0.1, 0.15) is 0 Å². The third kappa shape index (κ3) is 4.83. The van der Waals surface area contributed by atoms with Gasteiger partial charge in [-0.15, -0.1) is 0 Å². The van der Waals surface area contributed by atoms with Gasteiger partial charge in [0, 0.05) is 32.7 Å². The summed E-state index contributed by atoms with van der Waals surface area (Å²) < 4.78 is 5.69. The number of rotatable bonds is 5. The largest absolute Gasteiger partial charge is 0.374 e. The number of amides is 2. The molecule has 1 aromatic rings. The van der Waals surface area contributed by atoms with Crippen molar-refractivity contribution >= 4 is 6.03 Å². The lowest BCUT2D eigenvalue weighted by Gasteiger charge is -2.33. The summed E-state index contributed by atoms with van der Waals surface area (Å²) in [4.78, 5) is 13.7. The van der Waals surface area contributed by atoms with Gasteiger partial charge in [0.05, 0.1) is 12.7 Å². The van der Waals surface area contributed by atoms with Gasteiger partial charge in [-0.05, 0) is 12.5 Å². The van der Waals surface area contributed by atoms with E-state index in [-0.39, 0.29) is 12.1 Å². The second kappa shape index (κ2) is 7.87. The smallest absolute Gasteiger partial charge is 0.314 e. The maximum atomic E-state index is 11.4. The van der Waals surface area contributed by atoms with E-state index in [4.69, 9.17) is 4.74 Å². The molecule has 1 atom stereocenters. The van der Waals surface area contributed by atoms with Crippen molar-refractivity contribution in [3.05, 3.63) is 35.9 Å². The predicted octanol–water partition coefficient (Wildman–Crippen LogP) is 1.21. The van der Waals surface area contributed by atoms with Crippen LogP contribution in [0.4, 0.5) is 4.79 Å². The van der Waals surface area contributed by atoms with Gasteiger partial charge >= 0.3 is 6.03 Å². The number of hydrogen-bond donors (Lipinski definition) is 2. The number of carbonyl (C=O) groups is 1. The molecule has 0 radical (unpaired) electrons. The van der Waals surface area contributed by atoms with Crippen LogP contribution in [0.1, 0.15) is 12.5 Å². The molecule has 1 saturated heterocycles. The first kappa shape index (κ1) is 14.8. The minimum atomic E-state index is -0.128. The topological polar surface area (TPSA) is 53.6 Å². The molecule has 2 rings (SSSR count). The minimum absolute atomic E-state index is 0.0649. The Morgan fingerprint density at radius 2 is 2.15 bits per heavy atom. The van der Waals surface area contributed by atoms with E-state index in [1.165, 1.54) is 5.56 Å². The average molecular weight is 277 g/mol. The fourth-order valence-corrected chi connectivity index (χ4v) is 2.32. The van der Waals surface area contributed by atoms with Crippen molar-refractivity contribution in [1.29, 1.82) is 0 Å². The molecule has 1 aliphatic rings. The summed E-state index contributed by atoms with van der Waals surface area (Å²) in [6.07, 6.45) is 0.0649. The first-order valence-corrected chi connectivity index (χ1v) is 7.17. The number of urea groups is 1. The molecule has 0 bridgehead atoms. The van der Waals surface area contributed by atoms with E-state index in [0.717, 1.165) is 19.6 Å². The molecular formula is C15H23N3O2. The molecular weight excluding hydrogens is 254 g/mol. The van der Waals surface area contributed by atoms with Crippen LogP contribution in [0, 0.1) is 0 Å². The molecule has 0 spiro atoms. The standard InChI is InChI=1S/C15H23N3O2/c1-2-16-15(19)17-10-14-12-18(8-9-20-14)11-13-6-4-3-5-7-13/h3-7,14H,2,8-12H2,1H3,(H2,16,17,19). The lowest BCUT2D eigenvalue weighted by atomic mass is 10.2. The monoisotopic (exact) mass is 277 g/mol. The van der Waals surface area contributed by atoms with Crippen molar-refractivity contribution in [3.8, 4) is 0 Å². The lowest BCUT2D eigenvalue weighted by molar-refractivity contribution is -0.0287. The van der Waals surface area contributed by atoms with Crippen molar-refractivity contribution < 1.29 is 9.53 Å². The maximum Gasteiger partial charge on any atom is 0.314 e. The van der Waals surface area contributed by atoms with Crippen LogP contribution >= 0.6 is 0 Å². The molecule has 0 aromatic heterocycles. The van der Waals surface area contributed by atoms with Crippen molar-refractivity contribution in [3.63, 3.8) is 0 Å². The Kier molecular flexibility index (Phi) is 5.83. The highest BCUT2D eigenvalue weighted by Gasteiger charge is 2.20. The van der Waals surface area contributed by atoms with Crippen LogP contribution in [-0.2, 0) is 11.3 Å². The van der Waals surface area contributed by atoms with E-state index in [9.17, 15) is 4.79 Å². The first-order valence-electron chi connectivity index (χ1n) is 7.17. The summed E-state index contributed by atoms with van der Waals surface area (Å²) >= 11 is 0. The molecule has 2 N–H and O–H groups in total. The van der Waals surface area contributed by atoms with E-state index in [2.05, 4.69) is 39.8 Å². The lowest BCUT2D eigenvalue weighted by Crippen LogP contribution is -2.48. The van der Waals surface area contributed by atoms with Gasteiger partial charge in [-0.1, -0.05) is 30.3 Å². The van der Waals surface area contributed by atoms with Gasteiger partial charge < -0.3 is 15.4 Å². The molecule has 110 valence electrons. The van der Waals surface area contributed by atoms with Crippen LogP contribution in [0.25, 0.3) is 0 Å². The summed E-state index contributed by atoms with van der Waals surface area (Å²) in [7, 11) is 0. The Balaban J connectivity index is 1.75. The quantitative estimate of drug-likeness (QED) is 0.850. The van der Waals surface area contributed by atoms with E-state index in [0.29, 0.717) is 19.7 Å². The third-order valence-corrected chi connectivity index (χ3v) is 3.30. The molecule has 0 aliphatic carbocycles. The number of carbonyl (C=O) groups excluding carboxylic acids is 1. The molecule has 1 fully saturated rings. The van der Waals surface area contributed by atoms with Gasteiger partial charge in [-0.2, -0.15) is 0 Å². The minimum Gasteiger partial charge on any atom is -0.374 e. The molecule has 0 saturated carbocycles. The van der Waals surface area contributed by atoms with Crippen molar-refractivity contribution in [1.82, 2.24) is 15.5 Å². The molecule has 1 aromatic carbocycles. The zero-order chi connectivity index (χ0) is 14.2. The highest BCUT2D eigenvalue weighted by atomic mass is 16.5. The molecule has 5 heteroatoms. The maximum absolute atomic E-state index is 11.4. The summed E-state index contributed by atoms with van der Waals surface area (Å²) in [5, 5.41) is 5.55. The second-order valence-corrected chi connectivity index (χ2v) is 4.95. The van der Waals surface area contributed by atoms with Crippen LogP contribution < -0.4 is 10.6 Å². The van der Waals surface area contributed by atoms with Crippen molar-refractivity contribution in [2.45, 2.75) is 19.6 Å². The highest BCUT2D eigenvalue weighted by molar-refractivity contribution is 5.73. The van der Waals surface area contributed by atoms with Crippen LogP contribution in [-0.4, -0.2) is 49.8 Å². The Bertz CT molecular complexity index is 411. The zero-order valence-corrected chi connectivity index (χ0v) is 12.0. The van der Waals surface area contributed by atoms with Crippen molar-refractivity contribution in [2.24, 2.45) is 0 Å². The zero-order valence-electron chi connectivity index (χ0n) is 12.0. The number of benzene rings is 1. The highest BCUT2D eigenvalue weighted by Crippen LogP contribution is 2.09.